The lowest BCUT2D eigenvalue weighted by atomic mass is 10.1. The van der Waals surface area contributed by atoms with Crippen LogP contribution in [-0.2, 0) is 6.42 Å². The van der Waals surface area contributed by atoms with Crippen LogP contribution in [-0.4, -0.2) is 11.7 Å². The Kier molecular flexibility index (Phi) is 2.97. The smallest absolute Gasteiger partial charge is 0.116 e. The first kappa shape index (κ1) is 8.91. The van der Waals surface area contributed by atoms with Crippen LogP contribution in [0.1, 0.15) is 19.4 Å². The van der Waals surface area contributed by atoms with Gasteiger partial charge >= 0.3 is 0 Å². The van der Waals surface area contributed by atoms with Gasteiger partial charge in [0.25, 0.3) is 0 Å². The molecule has 0 aromatic heterocycles. The fourth-order valence-corrected chi connectivity index (χ4v) is 1.24. The van der Waals surface area contributed by atoms with Gasteiger partial charge in [0.15, 0.2) is 0 Å². The van der Waals surface area contributed by atoms with Crippen molar-refractivity contribution in [2.75, 3.05) is 11.9 Å². The Morgan fingerprint density at radius 3 is 2.67 bits per heavy atom. The highest BCUT2D eigenvalue weighted by Gasteiger charge is 1.99. The molecule has 2 N–H and O–H groups in total. The summed E-state index contributed by atoms with van der Waals surface area (Å²) in [5, 5.41) is 12.5. The minimum Gasteiger partial charge on any atom is -0.508 e. The third-order valence-electron chi connectivity index (χ3n) is 1.84. The van der Waals surface area contributed by atoms with E-state index in [-0.39, 0.29) is 0 Å². The largest absolute Gasteiger partial charge is 0.508 e. The van der Waals surface area contributed by atoms with Gasteiger partial charge in [0.2, 0.25) is 0 Å². The van der Waals surface area contributed by atoms with E-state index < -0.39 is 0 Å². The first-order chi connectivity index (χ1) is 5.77. The maximum absolute atomic E-state index is 9.21. The van der Waals surface area contributed by atoms with Crippen LogP contribution in [0.15, 0.2) is 18.2 Å². The van der Waals surface area contributed by atoms with E-state index in [2.05, 4.69) is 19.2 Å². The Morgan fingerprint density at radius 2 is 2.08 bits per heavy atom. The first-order valence-electron chi connectivity index (χ1n) is 4.33. The van der Waals surface area contributed by atoms with E-state index in [1.54, 1.807) is 12.1 Å². The molecule has 2 heteroatoms. The van der Waals surface area contributed by atoms with E-state index in [1.807, 2.05) is 6.07 Å². The quantitative estimate of drug-likeness (QED) is 0.674. The van der Waals surface area contributed by atoms with Crippen molar-refractivity contribution in [1.29, 1.82) is 0 Å². The van der Waals surface area contributed by atoms with E-state index in [0.717, 1.165) is 24.2 Å². The molecule has 1 aromatic carbocycles. The fourth-order valence-electron chi connectivity index (χ4n) is 1.24. The summed E-state index contributed by atoms with van der Waals surface area (Å²) in [5.41, 5.74) is 2.29. The van der Waals surface area contributed by atoms with E-state index in [9.17, 15) is 5.11 Å². The number of aromatic hydroxyl groups is 1. The van der Waals surface area contributed by atoms with E-state index in [0.29, 0.717) is 5.75 Å². The average molecular weight is 165 g/mol. The first-order valence-corrected chi connectivity index (χ1v) is 4.33. The van der Waals surface area contributed by atoms with E-state index >= 15 is 0 Å². The Hall–Kier alpha value is -1.18. The Balaban J connectivity index is 2.94. The summed E-state index contributed by atoms with van der Waals surface area (Å²) < 4.78 is 0. The number of benzene rings is 1. The van der Waals surface area contributed by atoms with Gasteiger partial charge in [-0.3, -0.25) is 0 Å². The van der Waals surface area contributed by atoms with Gasteiger partial charge in [-0.1, -0.05) is 6.92 Å². The van der Waals surface area contributed by atoms with Crippen LogP contribution in [0.5, 0.6) is 5.75 Å². The second kappa shape index (κ2) is 4.00. The summed E-state index contributed by atoms with van der Waals surface area (Å²) in [5.74, 6) is 0.341. The third kappa shape index (κ3) is 1.91. The van der Waals surface area contributed by atoms with E-state index in [1.165, 1.54) is 0 Å². The van der Waals surface area contributed by atoms with Crippen LogP contribution in [0.4, 0.5) is 5.69 Å². The molecule has 0 aliphatic rings. The Bertz CT molecular complexity index is 258. The third-order valence-corrected chi connectivity index (χ3v) is 1.84. The van der Waals surface area contributed by atoms with Gasteiger partial charge in [0.05, 0.1) is 0 Å². The second-order valence-electron chi connectivity index (χ2n) is 2.73. The highest BCUT2D eigenvalue weighted by atomic mass is 16.3. The number of nitrogens with one attached hydrogen (secondary N) is 1. The molecule has 1 rings (SSSR count). The molecule has 66 valence electrons. The van der Waals surface area contributed by atoms with Crippen molar-refractivity contribution in [3.05, 3.63) is 23.8 Å². The van der Waals surface area contributed by atoms with Crippen LogP contribution >= 0.6 is 0 Å². The van der Waals surface area contributed by atoms with Crippen molar-refractivity contribution in [3.8, 4) is 5.75 Å². The lowest BCUT2D eigenvalue weighted by Crippen LogP contribution is -1.99. The molecule has 0 unspecified atom stereocenters. The number of hydrogen-bond donors (Lipinski definition) is 2. The summed E-state index contributed by atoms with van der Waals surface area (Å²) in [4.78, 5) is 0. The molecule has 0 heterocycles. The summed E-state index contributed by atoms with van der Waals surface area (Å²) >= 11 is 0. The summed E-state index contributed by atoms with van der Waals surface area (Å²) in [6.07, 6.45) is 0.941. The van der Waals surface area contributed by atoms with Crippen molar-refractivity contribution in [2.24, 2.45) is 0 Å². The second-order valence-corrected chi connectivity index (χ2v) is 2.73. The number of phenols is 1. The summed E-state index contributed by atoms with van der Waals surface area (Å²) in [6, 6.07) is 5.42. The highest BCUT2D eigenvalue weighted by Crippen LogP contribution is 2.21. The molecule has 0 aliphatic carbocycles. The van der Waals surface area contributed by atoms with Crippen LogP contribution < -0.4 is 5.32 Å². The molecule has 2 nitrogen and oxygen atoms in total. The van der Waals surface area contributed by atoms with E-state index in [4.69, 9.17) is 0 Å². The molecule has 0 amide bonds. The Labute approximate surface area is 73.2 Å². The van der Waals surface area contributed by atoms with Crippen molar-refractivity contribution in [1.82, 2.24) is 0 Å². The SMILES string of the molecule is CCNc1ccc(O)cc1CC. The molecule has 0 saturated carbocycles. The van der Waals surface area contributed by atoms with Gasteiger partial charge in [0.1, 0.15) is 5.75 Å². The van der Waals surface area contributed by atoms with Gasteiger partial charge in [-0.25, -0.2) is 0 Å². The molecule has 0 bridgehead atoms. The standard InChI is InChI=1S/C10H15NO/c1-3-8-7-9(12)5-6-10(8)11-4-2/h5-7,11-12H,3-4H2,1-2H3. The van der Waals surface area contributed by atoms with Crippen LogP contribution in [0, 0.1) is 0 Å². The van der Waals surface area contributed by atoms with Crippen molar-refractivity contribution in [3.63, 3.8) is 0 Å². The normalized spacial score (nSPS) is 9.83. The fraction of sp³-hybridized carbons (Fsp3) is 0.400. The van der Waals surface area contributed by atoms with Crippen LogP contribution in [0.2, 0.25) is 0 Å². The maximum atomic E-state index is 9.21. The van der Waals surface area contributed by atoms with Crippen LogP contribution in [0.3, 0.4) is 0 Å². The minimum atomic E-state index is 0.341. The maximum Gasteiger partial charge on any atom is 0.116 e. The molecule has 0 aliphatic heterocycles. The zero-order valence-electron chi connectivity index (χ0n) is 7.59. The number of hydrogen-bond acceptors (Lipinski definition) is 2. The van der Waals surface area contributed by atoms with Crippen molar-refractivity contribution in [2.45, 2.75) is 20.3 Å². The molecular formula is C10H15NO. The zero-order valence-corrected chi connectivity index (χ0v) is 7.59. The minimum absolute atomic E-state index is 0.341. The number of phenolic OH excluding ortho intramolecular Hbond substituents is 1. The zero-order chi connectivity index (χ0) is 8.97. The average Bonchev–Trinajstić information content (AvgIpc) is 2.08. The monoisotopic (exact) mass is 165 g/mol. The molecule has 0 spiro atoms. The molecule has 0 radical (unpaired) electrons. The highest BCUT2D eigenvalue weighted by molar-refractivity contribution is 5.53. The van der Waals surface area contributed by atoms with Gasteiger partial charge in [0, 0.05) is 12.2 Å². The molecule has 0 fully saturated rings. The molecular weight excluding hydrogens is 150 g/mol. The Morgan fingerprint density at radius 1 is 1.33 bits per heavy atom. The topological polar surface area (TPSA) is 32.3 Å². The van der Waals surface area contributed by atoms with Crippen molar-refractivity contribution >= 4 is 5.69 Å². The van der Waals surface area contributed by atoms with Gasteiger partial charge in [-0.15, -0.1) is 0 Å². The van der Waals surface area contributed by atoms with Gasteiger partial charge < -0.3 is 10.4 Å². The molecule has 12 heavy (non-hydrogen) atoms. The lowest BCUT2D eigenvalue weighted by molar-refractivity contribution is 0.474. The number of rotatable bonds is 3. The number of aryl methyl sites for hydroxylation is 1. The summed E-state index contributed by atoms with van der Waals surface area (Å²) in [6.45, 7) is 5.06. The lowest BCUT2D eigenvalue weighted by Gasteiger charge is -2.08. The van der Waals surface area contributed by atoms with Crippen LogP contribution in [0.25, 0.3) is 0 Å². The molecule has 1 aromatic rings. The molecule has 0 saturated heterocycles. The van der Waals surface area contributed by atoms with Gasteiger partial charge in [-0.2, -0.15) is 0 Å². The predicted octanol–water partition coefficient (Wildman–Crippen LogP) is 2.39. The number of anilines is 1. The van der Waals surface area contributed by atoms with Gasteiger partial charge in [-0.05, 0) is 37.1 Å². The molecule has 0 atom stereocenters. The summed E-state index contributed by atoms with van der Waals surface area (Å²) in [7, 11) is 0. The van der Waals surface area contributed by atoms with Crippen molar-refractivity contribution < 1.29 is 5.11 Å². The predicted molar refractivity (Wildman–Crippen MR) is 51.6 cm³/mol.